The monoisotopic (exact) mass is 788 g/mol. The number of fused-ring (bicyclic) bond motifs is 12. The normalized spacial score (nSPS) is 11.9. The first-order valence-electron chi connectivity index (χ1n) is 21.2. The van der Waals surface area contributed by atoms with Gasteiger partial charge in [-0.15, -0.1) is 0 Å². The van der Waals surface area contributed by atoms with Crippen molar-refractivity contribution in [3.8, 4) is 45.0 Å². The van der Waals surface area contributed by atoms with E-state index in [4.69, 9.17) is 9.97 Å². The molecule has 10 aromatic carbocycles. The standard InChI is InChI=1S/C58H36N4/c1-4-18-37(19-5-1)55-56(38-20-6-2-7-21-38)60-57-42(31-17-32-50(57)59-55)39-22-16-25-41(34-39)61-51-33-15-14-28-45(51)48-35-49-53(36-52(48)61)62(40-23-8-3-9-24-40)58-47-30-13-11-27-44(47)43-26-10-12-29-46(43)54(49)58/h1-36H. The van der Waals surface area contributed by atoms with Crippen LogP contribution in [0.3, 0.4) is 0 Å². The van der Waals surface area contributed by atoms with Crippen LogP contribution in [-0.4, -0.2) is 19.1 Å². The average molecular weight is 789 g/mol. The molecule has 13 rings (SSSR count). The molecule has 0 amide bonds. The number of nitrogens with zero attached hydrogens (tertiary/aromatic N) is 4. The van der Waals surface area contributed by atoms with Gasteiger partial charge in [0.2, 0.25) is 0 Å². The van der Waals surface area contributed by atoms with Crippen molar-refractivity contribution >= 4 is 76.2 Å². The topological polar surface area (TPSA) is 35.6 Å². The molecule has 0 saturated carbocycles. The van der Waals surface area contributed by atoms with Crippen molar-refractivity contribution in [1.82, 2.24) is 19.1 Å². The number of benzene rings is 10. The average Bonchev–Trinajstić information content (AvgIpc) is 3.86. The summed E-state index contributed by atoms with van der Waals surface area (Å²) in [5.41, 5.74) is 14.6. The molecule has 0 saturated heterocycles. The molecule has 0 aliphatic carbocycles. The van der Waals surface area contributed by atoms with Gasteiger partial charge < -0.3 is 9.13 Å². The maximum Gasteiger partial charge on any atom is 0.0973 e. The number of hydrogen-bond acceptors (Lipinski definition) is 2. The number of hydrogen-bond donors (Lipinski definition) is 0. The maximum atomic E-state index is 5.45. The minimum Gasteiger partial charge on any atom is -0.309 e. The van der Waals surface area contributed by atoms with Crippen LogP contribution in [0.2, 0.25) is 0 Å². The summed E-state index contributed by atoms with van der Waals surface area (Å²) in [7, 11) is 0. The molecule has 0 N–H and O–H groups in total. The van der Waals surface area contributed by atoms with Gasteiger partial charge in [0, 0.05) is 55.0 Å². The van der Waals surface area contributed by atoms with E-state index < -0.39 is 0 Å². The third kappa shape index (κ3) is 5.14. The number of aromatic nitrogens is 4. The van der Waals surface area contributed by atoms with Crippen LogP contribution in [0.4, 0.5) is 0 Å². The van der Waals surface area contributed by atoms with Gasteiger partial charge in [-0.3, -0.25) is 0 Å². The SMILES string of the molecule is c1ccc(-c2nc3cccc(-c4cccc(-n5c6ccccc6c6cc7c8c9ccccc9c9ccccc9c8n(-c8ccccc8)c7cc65)c4)c3nc2-c2ccccc2)cc1. The van der Waals surface area contributed by atoms with Crippen LogP contribution in [0.25, 0.3) is 121 Å². The van der Waals surface area contributed by atoms with Gasteiger partial charge in [0.05, 0.1) is 44.5 Å². The molecule has 0 radical (unpaired) electrons. The molecule has 0 spiro atoms. The van der Waals surface area contributed by atoms with E-state index in [2.05, 4.69) is 215 Å². The Balaban J connectivity index is 1.09. The van der Waals surface area contributed by atoms with Crippen LogP contribution < -0.4 is 0 Å². The lowest BCUT2D eigenvalue weighted by Gasteiger charge is -2.14. The second kappa shape index (κ2) is 13.6. The van der Waals surface area contributed by atoms with Gasteiger partial charge >= 0.3 is 0 Å². The fraction of sp³-hybridized carbons (Fsp3) is 0. The fourth-order valence-electron chi connectivity index (χ4n) is 9.98. The zero-order chi connectivity index (χ0) is 40.7. The van der Waals surface area contributed by atoms with E-state index in [-0.39, 0.29) is 0 Å². The lowest BCUT2D eigenvalue weighted by Crippen LogP contribution is -1.98. The minimum absolute atomic E-state index is 0.861. The highest BCUT2D eigenvalue weighted by molar-refractivity contribution is 6.33. The van der Waals surface area contributed by atoms with E-state index in [1.54, 1.807) is 0 Å². The molecule has 4 nitrogen and oxygen atoms in total. The predicted octanol–water partition coefficient (Wildman–Crippen LogP) is 15.1. The molecular weight excluding hydrogens is 753 g/mol. The van der Waals surface area contributed by atoms with E-state index in [0.717, 1.165) is 67.1 Å². The second-order valence-electron chi connectivity index (χ2n) is 16.1. The molecule has 0 fully saturated rings. The van der Waals surface area contributed by atoms with E-state index in [1.807, 2.05) is 12.1 Å². The van der Waals surface area contributed by atoms with Gasteiger partial charge in [0.25, 0.3) is 0 Å². The summed E-state index contributed by atoms with van der Waals surface area (Å²) in [6.07, 6.45) is 0. The lowest BCUT2D eigenvalue weighted by molar-refractivity contribution is 1.17. The first-order valence-corrected chi connectivity index (χ1v) is 21.2. The lowest BCUT2D eigenvalue weighted by atomic mass is 9.96. The van der Waals surface area contributed by atoms with E-state index in [9.17, 15) is 0 Å². The Bertz CT molecular complexity index is 3900. The molecule has 0 aliphatic heterocycles. The zero-order valence-electron chi connectivity index (χ0n) is 33.6. The second-order valence-corrected chi connectivity index (χ2v) is 16.1. The molecule has 0 bridgehead atoms. The first-order chi connectivity index (χ1) is 30.8. The highest BCUT2D eigenvalue weighted by Gasteiger charge is 2.23. The summed E-state index contributed by atoms with van der Waals surface area (Å²) < 4.78 is 4.93. The van der Waals surface area contributed by atoms with Crippen LogP contribution in [0.1, 0.15) is 0 Å². The molecule has 3 heterocycles. The molecule has 3 aromatic heterocycles. The van der Waals surface area contributed by atoms with Crippen LogP contribution in [0, 0.1) is 0 Å². The summed E-state index contributed by atoms with van der Waals surface area (Å²) in [6, 6.07) is 78.3. The third-order valence-electron chi connectivity index (χ3n) is 12.6. The van der Waals surface area contributed by atoms with E-state index in [0.29, 0.717) is 0 Å². The Labute approximate surface area is 357 Å². The summed E-state index contributed by atoms with van der Waals surface area (Å²) in [5, 5.41) is 10.0. The molecule has 0 atom stereocenters. The van der Waals surface area contributed by atoms with Crippen molar-refractivity contribution in [3.05, 3.63) is 218 Å². The molecular formula is C58H36N4. The molecule has 4 heteroatoms. The predicted molar refractivity (Wildman–Crippen MR) is 260 cm³/mol. The third-order valence-corrected chi connectivity index (χ3v) is 12.6. The van der Waals surface area contributed by atoms with E-state index >= 15 is 0 Å². The molecule has 13 aromatic rings. The highest BCUT2D eigenvalue weighted by Crippen LogP contribution is 2.45. The van der Waals surface area contributed by atoms with Crippen LogP contribution in [-0.2, 0) is 0 Å². The molecule has 62 heavy (non-hydrogen) atoms. The van der Waals surface area contributed by atoms with Crippen LogP contribution >= 0.6 is 0 Å². The summed E-state index contributed by atoms with van der Waals surface area (Å²) >= 11 is 0. The van der Waals surface area contributed by atoms with Crippen molar-refractivity contribution in [2.24, 2.45) is 0 Å². The summed E-state index contributed by atoms with van der Waals surface area (Å²) in [6.45, 7) is 0. The molecule has 288 valence electrons. The van der Waals surface area contributed by atoms with Gasteiger partial charge in [-0.05, 0) is 70.3 Å². The zero-order valence-corrected chi connectivity index (χ0v) is 33.6. The number of rotatable bonds is 5. The Morgan fingerprint density at radius 2 is 0.855 bits per heavy atom. The fourth-order valence-corrected chi connectivity index (χ4v) is 9.98. The quantitative estimate of drug-likeness (QED) is 0.163. The van der Waals surface area contributed by atoms with Crippen LogP contribution in [0.5, 0.6) is 0 Å². The van der Waals surface area contributed by atoms with Crippen LogP contribution in [0.15, 0.2) is 218 Å². The Morgan fingerprint density at radius 3 is 1.60 bits per heavy atom. The van der Waals surface area contributed by atoms with Gasteiger partial charge in [-0.2, -0.15) is 0 Å². The molecule has 0 aliphatic rings. The summed E-state index contributed by atoms with van der Waals surface area (Å²) in [4.78, 5) is 10.8. The summed E-state index contributed by atoms with van der Waals surface area (Å²) in [5.74, 6) is 0. The number of para-hydroxylation sites is 3. The van der Waals surface area contributed by atoms with Crippen molar-refractivity contribution in [1.29, 1.82) is 0 Å². The smallest absolute Gasteiger partial charge is 0.0973 e. The van der Waals surface area contributed by atoms with E-state index in [1.165, 1.54) is 54.1 Å². The Hall–Kier alpha value is -8.34. The van der Waals surface area contributed by atoms with Crippen molar-refractivity contribution < 1.29 is 0 Å². The Morgan fingerprint density at radius 1 is 0.306 bits per heavy atom. The minimum atomic E-state index is 0.861. The molecule has 0 unspecified atom stereocenters. The largest absolute Gasteiger partial charge is 0.309 e. The van der Waals surface area contributed by atoms with Crippen molar-refractivity contribution in [2.45, 2.75) is 0 Å². The first kappa shape index (κ1) is 34.5. The van der Waals surface area contributed by atoms with Gasteiger partial charge in [0.15, 0.2) is 0 Å². The maximum absolute atomic E-state index is 5.45. The van der Waals surface area contributed by atoms with Gasteiger partial charge in [-0.25, -0.2) is 9.97 Å². The highest BCUT2D eigenvalue weighted by atomic mass is 15.0. The van der Waals surface area contributed by atoms with Gasteiger partial charge in [-0.1, -0.05) is 170 Å². The Kier molecular flexibility index (Phi) is 7.57. The van der Waals surface area contributed by atoms with Crippen molar-refractivity contribution in [2.75, 3.05) is 0 Å². The van der Waals surface area contributed by atoms with Gasteiger partial charge in [0.1, 0.15) is 0 Å². The van der Waals surface area contributed by atoms with Crippen molar-refractivity contribution in [3.63, 3.8) is 0 Å².